The van der Waals surface area contributed by atoms with Crippen LogP contribution in [0.3, 0.4) is 0 Å². The van der Waals surface area contributed by atoms with Crippen LogP contribution in [0, 0.1) is 0 Å². The van der Waals surface area contributed by atoms with Crippen LogP contribution in [0.15, 0.2) is 59.1 Å². The van der Waals surface area contributed by atoms with Crippen molar-refractivity contribution in [2.24, 2.45) is 0 Å². The topological polar surface area (TPSA) is 21.3 Å². The van der Waals surface area contributed by atoms with Crippen LogP contribution in [0.5, 0.6) is 0 Å². The van der Waals surface area contributed by atoms with Gasteiger partial charge >= 0.3 is 0 Å². The Hall–Kier alpha value is -1.16. The minimum absolute atomic E-state index is 0.209. The monoisotopic (exact) mass is 319 g/mol. The maximum atomic E-state index is 5.60. The number of hydrogen-bond acceptors (Lipinski definition) is 2. The van der Waals surface area contributed by atoms with Crippen molar-refractivity contribution in [1.29, 1.82) is 0 Å². The summed E-state index contributed by atoms with van der Waals surface area (Å²) in [6, 6.07) is 18.7. The largest absolute Gasteiger partial charge is 0.296 e. The SMILES string of the molecule is CCC(NOCc1ccccc1)c1cccc(Br)c1. The molecule has 0 bridgehead atoms. The van der Waals surface area contributed by atoms with Gasteiger partial charge < -0.3 is 0 Å². The second kappa shape index (κ2) is 7.43. The lowest BCUT2D eigenvalue weighted by Crippen LogP contribution is -2.21. The van der Waals surface area contributed by atoms with Gasteiger partial charge in [0.15, 0.2) is 0 Å². The summed E-state index contributed by atoms with van der Waals surface area (Å²) >= 11 is 3.50. The van der Waals surface area contributed by atoms with E-state index in [1.165, 1.54) is 11.1 Å². The van der Waals surface area contributed by atoms with Gasteiger partial charge in [0.2, 0.25) is 0 Å². The second-order valence-corrected chi connectivity index (χ2v) is 5.32. The van der Waals surface area contributed by atoms with Crippen LogP contribution >= 0.6 is 15.9 Å². The summed E-state index contributed by atoms with van der Waals surface area (Å²) in [5, 5.41) is 0. The first-order valence-corrected chi connectivity index (χ1v) is 7.25. The number of halogens is 1. The lowest BCUT2D eigenvalue weighted by atomic mass is 10.1. The Morgan fingerprint density at radius 2 is 1.89 bits per heavy atom. The molecule has 0 aliphatic rings. The summed E-state index contributed by atoms with van der Waals surface area (Å²) in [7, 11) is 0. The van der Waals surface area contributed by atoms with Crippen molar-refractivity contribution >= 4 is 15.9 Å². The van der Waals surface area contributed by atoms with E-state index < -0.39 is 0 Å². The van der Waals surface area contributed by atoms with E-state index in [-0.39, 0.29) is 6.04 Å². The fourth-order valence-electron chi connectivity index (χ4n) is 1.91. The molecule has 2 rings (SSSR count). The van der Waals surface area contributed by atoms with Gasteiger partial charge in [0.25, 0.3) is 0 Å². The van der Waals surface area contributed by atoms with Gasteiger partial charge in [-0.05, 0) is 29.7 Å². The molecule has 0 saturated heterocycles. The van der Waals surface area contributed by atoms with Gasteiger partial charge in [-0.2, -0.15) is 5.48 Å². The van der Waals surface area contributed by atoms with Gasteiger partial charge in [0, 0.05) is 4.47 Å². The first-order chi connectivity index (χ1) is 9.29. The highest BCUT2D eigenvalue weighted by Crippen LogP contribution is 2.20. The number of benzene rings is 2. The normalized spacial score (nSPS) is 12.3. The van der Waals surface area contributed by atoms with Gasteiger partial charge in [-0.1, -0.05) is 65.3 Å². The molecule has 3 heteroatoms. The summed E-state index contributed by atoms with van der Waals surface area (Å²) in [4.78, 5) is 5.60. The van der Waals surface area contributed by atoms with Crippen molar-refractivity contribution in [3.05, 3.63) is 70.2 Å². The van der Waals surface area contributed by atoms with E-state index in [4.69, 9.17) is 4.84 Å². The molecule has 100 valence electrons. The summed E-state index contributed by atoms with van der Waals surface area (Å²) in [6.07, 6.45) is 0.977. The summed E-state index contributed by atoms with van der Waals surface area (Å²) in [5.41, 5.74) is 5.53. The Balaban J connectivity index is 1.89. The number of hydroxylamine groups is 1. The van der Waals surface area contributed by atoms with Crippen LogP contribution in [0.2, 0.25) is 0 Å². The molecular weight excluding hydrogens is 302 g/mol. The van der Waals surface area contributed by atoms with Crippen LogP contribution in [0.1, 0.15) is 30.5 Å². The fourth-order valence-corrected chi connectivity index (χ4v) is 2.33. The minimum atomic E-state index is 0.209. The smallest absolute Gasteiger partial charge is 0.0933 e. The molecule has 0 spiro atoms. The molecule has 2 nitrogen and oxygen atoms in total. The molecule has 19 heavy (non-hydrogen) atoms. The van der Waals surface area contributed by atoms with Crippen molar-refractivity contribution in [2.75, 3.05) is 0 Å². The third-order valence-corrected chi connectivity index (χ3v) is 3.46. The number of nitrogens with one attached hydrogen (secondary N) is 1. The lowest BCUT2D eigenvalue weighted by Gasteiger charge is -2.17. The third kappa shape index (κ3) is 4.46. The standard InChI is InChI=1S/C16H18BrNO/c1-2-16(14-9-6-10-15(17)11-14)18-19-12-13-7-4-3-5-8-13/h3-11,16,18H,2,12H2,1H3. The fraction of sp³-hybridized carbons (Fsp3) is 0.250. The highest BCUT2D eigenvalue weighted by atomic mass is 79.9. The van der Waals surface area contributed by atoms with E-state index in [0.29, 0.717) is 6.61 Å². The van der Waals surface area contributed by atoms with E-state index in [9.17, 15) is 0 Å². The van der Waals surface area contributed by atoms with Crippen molar-refractivity contribution < 1.29 is 4.84 Å². The Kier molecular flexibility index (Phi) is 5.58. The van der Waals surface area contributed by atoms with Gasteiger partial charge in [-0.15, -0.1) is 0 Å². The van der Waals surface area contributed by atoms with E-state index in [1.807, 2.05) is 30.3 Å². The van der Waals surface area contributed by atoms with Gasteiger partial charge in [-0.25, -0.2) is 0 Å². The minimum Gasteiger partial charge on any atom is -0.296 e. The molecule has 0 saturated carbocycles. The maximum absolute atomic E-state index is 5.60. The maximum Gasteiger partial charge on any atom is 0.0933 e. The Morgan fingerprint density at radius 1 is 1.11 bits per heavy atom. The average Bonchev–Trinajstić information content (AvgIpc) is 2.45. The molecule has 2 aromatic rings. The van der Waals surface area contributed by atoms with Crippen molar-refractivity contribution in [3.8, 4) is 0 Å². The molecule has 0 aliphatic heterocycles. The number of hydrogen-bond donors (Lipinski definition) is 1. The molecule has 0 radical (unpaired) electrons. The molecule has 0 fully saturated rings. The molecule has 1 N–H and O–H groups in total. The van der Waals surface area contributed by atoms with Crippen molar-refractivity contribution in [1.82, 2.24) is 5.48 Å². The van der Waals surface area contributed by atoms with E-state index in [2.05, 4.69) is 52.6 Å². The molecule has 0 amide bonds. The van der Waals surface area contributed by atoms with Crippen LogP contribution in [0.4, 0.5) is 0 Å². The second-order valence-electron chi connectivity index (χ2n) is 4.41. The summed E-state index contributed by atoms with van der Waals surface area (Å²) in [6.45, 7) is 2.72. The van der Waals surface area contributed by atoms with Crippen LogP contribution in [-0.2, 0) is 11.4 Å². The quantitative estimate of drug-likeness (QED) is 0.784. The lowest BCUT2D eigenvalue weighted by molar-refractivity contribution is 0.00202. The average molecular weight is 320 g/mol. The van der Waals surface area contributed by atoms with Gasteiger partial charge in [0.1, 0.15) is 0 Å². The zero-order valence-electron chi connectivity index (χ0n) is 11.0. The Morgan fingerprint density at radius 3 is 2.58 bits per heavy atom. The molecule has 0 aromatic heterocycles. The predicted octanol–water partition coefficient (Wildman–Crippen LogP) is 4.62. The zero-order chi connectivity index (χ0) is 13.5. The molecular formula is C16H18BrNO. The molecule has 0 aliphatic carbocycles. The van der Waals surface area contributed by atoms with E-state index in [1.54, 1.807) is 0 Å². The number of rotatable bonds is 6. The van der Waals surface area contributed by atoms with Crippen LogP contribution in [-0.4, -0.2) is 0 Å². The summed E-state index contributed by atoms with van der Waals surface area (Å²) in [5.74, 6) is 0. The molecule has 2 aromatic carbocycles. The van der Waals surface area contributed by atoms with Gasteiger partial charge in [-0.3, -0.25) is 4.84 Å². The highest BCUT2D eigenvalue weighted by Gasteiger charge is 2.09. The van der Waals surface area contributed by atoms with Crippen LogP contribution in [0.25, 0.3) is 0 Å². The zero-order valence-corrected chi connectivity index (χ0v) is 12.6. The Labute approximate surface area is 122 Å². The molecule has 1 unspecified atom stereocenters. The highest BCUT2D eigenvalue weighted by molar-refractivity contribution is 9.10. The van der Waals surface area contributed by atoms with Crippen molar-refractivity contribution in [3.63, 3.8) is 0 Å². The first-order valence-electron chi connectivity index (χ1n) is 6.46. The van der Waals surface area contributed by atoms with Gasteiger partial charge in [0.05, 0.1) is 12.6 Å². The predicted molar refractivity (Wildman–Crippen MR) is 81.5 cm³/mol. The Bertz CT molecular complexity index is 501. The van der Waals surface area contributed by atoms with Crippen molar-refractivity contribution in [2.45, 2.75) is 26.0 Å². The van der Waals surface area contributed by atoms with E-state index in [0.717, 1.165) is 10.9 Å². The van der Waals surface area contributed by atoms with Crippen LogP contribution < -0.4 is 5.48 Å². The summed E-state index contributed by atoms with van der Waals surface area (Å²) < 4.78 is 1.09. The third-order valence-electron chi connectivity index (χ3n) is 2.97. The molecule has 1 atom stereocenters. The van der Waals surface area contributed by atoms with E-state index >= 15 is 0 Å². The first kappa shape index (κ1) is 14.3. The molecule has 0 heterocycles.